The van der Waals surface area contributed by atoms with Crippen LogP contribution in [-0.2, 0) is 18.3 Å². The van der Waals surface area contributed by atoms with E-state index in [1.54, 1.807) is 0 Å². The Morgan fingerprint density at radius 2 is 1.82 bits per heavy atom. The van der Waals surface area contributed by atoms with Gasteiger partial charge in [0.05, 0.1) is 0 Å². The van der Waals surface area contributed by atoms with Crippen LogP contribution in [-0.4, -0.2) is 21.4 Å². The summed E-state index contributed by atoms with van der Waals surface area (Å²) in [6, 6.07) is 15.9. The second-order valence-corrected chi connectivity index (χ2v) is 9.22. The van der Waals surface area contributed by atoms with Gasteiger partial charge in [-0.15, -0.1) is 0 Å². The molecule has 0 aliphatic carbocycles. The van der Waals surface area contributed by atoms with E-state index >= 15 is 0 Å². The summed E-state index contributed by atoms with van der Waals surface area (Å²) in [5.74, 6) is -1.09. The molecule has 1 N–H and O–H groups in total. The third kappa shape index (κ3) is 6.82. The predicted octanol–water partition coefficient (Wildman–Crippen LogP) is 7.33. The van der Waals surface area contributed by atoms with Gasteiger partial charge in [-0.25, -0.2) is 0 Å². The summed E-state index contributed by atoms with van der Waals surface area (Å²) < 4.78 is 2.09. The number of halogens is 1. The second-order valence-electron chi connectivity index (χ2n) is 8.78. The number of aromatic nitrogens is 1. The van der Waals surface area contributed by atoms with Crippen LogP contribution in [0, 0.1) is 5.92 Å². The molecule has 4 nitrogen and oxygen atoms in total. The van der Waals surface area contributed by atoms with Crippen molar-refractivity contribution in [3.05, 3.63) is 76.5 Å². The van der Waals surface area contributed by atoms with Crippen molar-refractivity contribution in [2.75, 3.05) is 0 Å². The van der Waals surface area contributed by atoms with E-state index in [1.165, 1.54) is 5.56 Å². The summed E-state index contributed by atoms with van der Waals surface area (Å²) in [5.41, 5.74) is 3.91. The van der Waals surface area contributed by atoms with Crippen molar-refractivity contribution in [3.8, 4) is 0 Å². The molecule has 3 rings (SSSR count). The maximum absolute atomic E-state index is 13.2. The molecule has 3 aromatic rings. The molecule has 0 fully saturated rings. The molecule has 2 aromatic carbocycles. The van der Waals surface area contributed by atoms with Gasteiger partial charge in [0.2, 0.25) is 0 Å². The number of aliphatic carboxylic acids is 1. The van der Waals surface area contributed by atoms with E-state index in [0.29, 0.717) is 10.6 Å². The number of carbonyl (C=O) groups is 2. The molecule has 0 saturated heterocycles. The number of hydrogen-bond acceptors (Lipinski definition) is 2. The molecule has 0 aliphatic rings. The van der Waals surface area contributed by atoms with Crippen molar-refractivity contribution in [1.82, 2.24) is 4.57 Å². The third-order valence-electron chi connectivity index (χ3n) is 6.01. The average molecular weight is 466 g/mol. The van der Waals surface area contributed by atoms with Crippen LogP contribution in [0.15, 0.2) is 54.6 Å². The highest BCUT2D eigenvalue weighted by Crippen LogP contribution is 2.31. The van der Waals surface area contributed by atoms with E-state index in [9.17, 15) is 9.59 Å². The van der Waals surface area contributed by atoms with Crippen LogP contribution in [0.4, 0.5) is 0 Å². The van der Waals surface area contributed by atoms with Crippen molar-refractivity contribution >= 4 is 40.3 Å². The van der Waals surface area contributed by atoms with E-state index in [-0.39, 0.29) is 24.5 Å². The summed E-state index contributed by atoms with van der Waals surface area (Å²) in [5, 5.41) is 10.5. The molecule has 0 saturated carbocycles. The standard InChI is InChI=1S/C28H32ClNO3/c1-20(18-27(32)33)17-26(31)28-23-19-22(29)15-16-24(23)30(2)25(28)14-10-5-3-4-7-11-21-12-8-6-9-13-21/h6-9,11-13,15-16,19-20H,3-5,10,14,17-18H2,1-2H3,(H,32,33)/b11-7+. The minimum absolute atomic E-state index is 0.00240. The Hall–Kier alpha value is -2.85. The van der Waals surface area contributed by atoms with Crippen molar-refractivity contribution in [1.29, 1.82) is 0 Å². The second kappa shape index (κ2) is 11.9. The number of carboxylic acid groups (broad SMARTS) is 1. The molecular formula is C28H32ClNO3. The molecule has 1 atom stereocenters. The summed E-state index contributed by atoms with van der Waals surface area (Å²) in [6.45, 7) is 1.81. The zero-order valence-corrected chi connectivity index (χ0v) is 20.1. The number of hydrogen-bond donors (Lipinski definition) is 1. The minimum atomic E-state index is -0.877. The zero-order chi connectivity index (χ0) is 23.8. The Labute approximate surface area is 200 Å². The summed E-state index contributed by atoms with van der Waals surface area (Å²) in [4.78, 5) is 24.3. The molecule has 1 unspecified atom stereocenters. The Balaban J connectivity index is 1.67. The molecule has 1 aromatic heterocycles. The van der Waals surface area contributed by atoms with Gasteiger partial charge in [0.25, 0.3) is 0 Å². The SMILES string of the molecule is CC(CC(=O)O)CC(=O)c1c(CCCCC/C=C/c2ccccc2)n(C)c2ccc(Cl)cc12. The smallest absolute Gasteiger partial charge is 0.303 e. The average Bonchev–Trinajstić information content (AvgIpc) is 3.04. The van der Waals surface area contributed by atoms with E-state index in [1.807, 2.05) is 50.4 Å². The fourth-order valence-electron chi connectivity index (χ4n) is 4.38. The Bertz CT molecular complexity index is 1130. The van der Waals surface area contributed by atoms with Gasteiger partial charge in [0.15, 0.2) is 5.78 Å². The lowest BCUT2D eigenvalue weighted by Gasteiger charge is -2.10. The molecule has 33 heavy (non-hydrogen) atoms. The van der Waals surface area contributed by atoms with Gasteiger partial charge in [0, 0.05) is 47.1 Å². The van der Waals surface area contributed by atoms with Gasteiger partial charge < -0.3 is 9.67 Å². The number of rotatable bonds is 12. The third-order valence-corrected chi connectivity index (χ3v) is 6.25. The quantitative estimate of drug-likeness (QED) is 0.225. The largest absolute Gasteiger partial charge is 0.481 e. The number of nitrogens with zero attached hydrogens (tertiary/aromatic N) is 1. The number of carbonyl (C=O) groups excluding carboxylic acids is 1. The summed E-state index contributed by atoms with van der Waals surface area (Å²) >= 11 is 6.25. The van der Waals surface area contributed by atoms with Gasteiger partial charge in [-0.05, 0) is 55.4 Å². The summed E-state index contributed by atoms with van der Waals surface area (Å²) in [7, 11) is 1.99. The van der Waals surface area contributed by atoms with Gasteiger partial charge in [-0.2, -0.15) is 0 Å². The van der Waals surface area contributed by atoms with Gasteiger partial charge in [-0.3, -0.25) is 9.59 Å². The number of fused-ring (bicyclic) bond motifs is 1. The number of carboxylic acids is 1. The number of aryl methyl sites for hydroxylation is 1. The van der Waals surface area contributed by atoms with Crippen molar-refractivity contribution < 1.29 is 14.7 Å². The molecule has 174 valence electrons. The topological polar surface area (TPSA) is 59.3 Å². The van der Waals surface area contributed by atoms with Crippen LogP contribution in [0.25, 0.3) is 17.0 Å². The number of unbranched alkanes of at least 4 members (excludes halogenated alkanes) is 3. The van der Waals surface area contributed by atoms with Gasteiger partial charge >= 0.3 is 5.97 Å². The molecule has 0 bridgehead atoms. The predicted molar refractivity (Wildman–Crippen MR) is 136 cm³/mol. The van der Waals surface area contributed by atoms with Crippen molar-refractivity contribution in [2.45, 2.75) is 51.9 Å². The summed E-state index contributed by atoms with van der Waals surface area (Å²) in [6.07, 6.45) is 9.57. The molecule has 0 radical (unpaired) electrons. The van der Waals surface area contributed by atoms with Crippen LogP contribution < -0.4 is 0 Å². The maximum Gasteiger partial charge on any atom is 0.303 e. The van der Waals surface area contributed by atoms with Gasteiger partial charge in [0.1, 0.15) is 0 Å². The first kappa shape index (κ1) is 24.8. The first-order chi connectivity index (χ1) is 15.9. The Morgan fingerprint density at radius 1 is 1.06 bits per heavy atom. The fraction of sp³-hybridized carbons (Fsp3) is 0.357. The van der Waals surface area contributed by atoms with E-state index in [2.05, 4.69) is 28.9 Å². The van der Waals surface area contributed by atoms with Crippen LogP contribution >= 0.6 is 11.6 Å². The minimum Gasteiger partial charge on any atom is -0.481 e. The van der Waals surface area contributed by atoms with Crippen molar-refractivity contribution in [2.24, 2.45) is 13.0 Å². The molecule has 0 amide bonds. The van der Waals surface area contributed by atoms with Crippen LogP contribution in [0.3, 0.4) is 0 Å². The first-order valence-electron chi connectivity index (χ1n) is 11.6. The number of ketones is 1. The highest BCUT2D eigenvalue weighted by atomic mass is 35.5. The highest BCUT2D eigenvalue weighted by molar-refractivity contribution is 6.31. The molecule has 0 aliphatic heterocycles. The highest BCUT2D eigenvalue weighted by Gasteiger charge is 2.23. The fourth-order valence-corrected chi connectivity index (χ4v) is 4.55. The number of benzene rings is 2. The first-order valence-corrected chi connectivity index (χ1v) is 12.0. The number of allylic oxidation sites excluding steroid dienone is 1. The van der Waals surface area contributed by atoms with E-state index < -0.39 is 5.97 Å². The molecule has 0 spiro atoms. The zero-order valence-electron chi connectivity index (χ0n) is 19.4. The molecule has 5 heteroatoms. The van der Waals surface area contributed by atoms with Gasteiger partial charge in [-0.1, -0.05) is 67.4 Å². The van der Waals surface area contributed by atoms with E-state index in [0.717, 1.165) is 48.7 Å². The van der Waals surface area contributed by atoms with Crippen LogP contribution in [0.1, 0.15) is 67.1 Å². The lowest BCUT2D eigenvalue weighted by Crippen LogP contribution is -2.12. The van der Waals surface area contributed by atoms with E-state index in [4.69, 9.17) is 16.7 Å². The molecule has 1 heterocycles. The molecular weight excluding hydrogens is 434 g/mol. The van der Waals surface area contributed by atoms with Crippen molar-refractivity contribution in [3.63, 3.8) is 0 Å². The lowest BCUT2D eigenvalue weighted by atomic mass is 9.94. The maximum atomic E-state index is 13.2. The van der Waals surface area contributed by atoms with Crippen LogP contribution in [0.5, 0.6) is 0 Å². The lowest BCUT2D eigenvalue weighted by molar-refractivity contribution is -0.137. The Morgan fingerprint density at radius 3 is 2.55 bits per heavy atom. The normalized spacial score (nSPS) is 12.5. The van der Waals surface area contributed by atoms with Crippen LogP contribution in [0.2, 0.25) is 5.02 Å². The monoisotopic (exact) mass is 465 g/mol. The Kier molecular flexibility index (Phi) is 8.90. The number of Topliss-reactive ketones (excluding diaryl/α,β-unsaturated/α-hetero) is 1.